The number of quaternary nitrogens is 1. The van der Waals surface area contributed by atoms with E-state index in [9.17, 15) is 4.79 Å². The van der Waals surface area contributed by atoms with Gasteiger partial charge < -0.3 is 19.4 Å². The second kappa shape index (κ2) is 7.39. The molecular weight excluding hydrogens is 398 g/mol. The first-order valence-electron chi connectivity index (χ1n) is 11.0. The van der Waals surface area contributed by atoms with Crippen LogP contribution in [0.1, 0.15) is 53.6 Å². The molecule has 1 aliphatic carbocycles. The highest BCUT2D eigenvalue weighted by Gasteiger charge is 2.32. The number of likely N-dealkylation sites (tertiary alicyclic amines) is 1. The van der Waals surface area contributed by atoms with Gasteiger partial charge in [0.05, 0.1) is 11.9 Å². The summed E-state index contributed by atoms with van der Waals surface area (Å²) < 4.78 is 11.5. The summed E-state index contributed by atoms with van der Waals surface area (Å²) in [5.41, 5.74) is 2.58. The Morgan fingerprint density at radius 1 is 1.13 bits per heavy atom. The first kappa shape index (κ1) is 18.4. The van der Waals surface area contributed by atoms with Gasteiger partial charge in [-0.15, -0.1) is 11.3 Å². The number of nitrogens with one attached hydrogen (secondary N) is 2. The van der Waals surface area contributed by atoms with Gasteiger partial charge in [0.25, 0.3) is 5.56 Å². The number of rotatable bonds is 3. The molecule has 0 amide bonds. The maximum Gasteiger partial charge on any atom is 0.260 e. The third-order valence-corrected chi connectivity index (χ3v) is 7.91. The van der Waals surface area contributed by atoms with Crippen LogP contribution in [-0.4, -0.2) is 29.7 Å². The predicted molar refractivity (Wildman–Crippen MR) is 116 cm³/mol. The molecule has 6 nitrogen and oxygen atoms in total. The molecule has 156 valence electrons. The second-order valence-electron chi connectivity index (χ2n) is 8.59. The fraction of sp³-hybridized carbons (Fsp3) is 0.478. The highest BCUT2D eigenvalue weighted by Crippen LogP contribution is 2.35. The Hall–Kier alpha value is -2.38. The Balaban J connectivity index is 1.29. The molecule has 1 aromatic carbocycles. The van der Waals surface area contributed by atoms with E-state index in [1.54, 1.807) is 11.3 Å². The summed E-state index contributed by atoms with van der Waals surface area (Å²) in [6.07, 6.45) is 6.82. The number of hydrogen-bond acceptors (Lipinski definition) is 5. The van der Waals surface area contributed by atoms with E-state index in [1.165, 1.54) is 40.2 Å². The van der Waals surface area contributed by atoms with Crippen LogP contribution in [0.25, 0.3) is 10.2 Å². The van der Waals surface area contributed by atoms with Gasteiger partial charge in [0.15, 0.2) is 17.3 Å². The van der Waals surface area contributed by atoms with Crippen LogP contribution < -0.4 is 19.9 Å². The molecule has 0 bridgehead atoms. The zero-order chi connectivity index (χ0) is 20.1. The Kier molecular flexibility index (Phi) is 4.53. The molecule has 2 atom stereocenters. The van der Waals surface area contributed by atoms with Crippen molar-refractivity contribution in [1.82, 2.24) is 9.97 Å². The van der Waals surface area contributed by atoms with Crippen LogP contribution in [0.2, 0.25) is 0 Å². The van der Waals surface area contributed by atoms with Gasteiger partial charge in [-0.05, 0) is 49.4 Å². The van der Waals surface area contributed by atoms with E-state index >= 15 is 0 Å². The fourth-order valence-electron chi connectivity index (χ4n) is 5.31. The SMILES string of the molecule is O=c1[nH]c(C[NH+]2CCC[C@H]2c2ccc3c(c2)OCCO3)nc2sc3c(c12)CCCC3. The smallest absolute Gasteiger partial charge is 0.260 e. The molecule has 1 fully saturated rings. The molecule has 30 heavy (non-hydrogen) atoms. The number of nitrogens with zero attached hydrogens (tertiary/aromatic N) is 1. The third kappa shape index (κ3) is 3.11. The standard InChI is InChI=1S/C23H25N3O3S/c27-22-21-15-4-1-2-6-19(15)30-23(21)25-20(24-22)13-26-9-3-5-16(26)14-7-8-17-18(12-14)29-11-10-28-17/h7-8,12,16H,1-6,9-11,13H2,(H,24,25,27)/p+1/t16-/m0/s1. The van der Waals surface area contributed by atoms with Crippen molar-refractivity contribution in [2.75, 3.05) is 19.8 Å². The van der Waals surface area contributed by atoms with Crippen LogP contribution >= 0.6 is 11.3 Å². The molecule has 3 aliphatic rings. The molecule has 4 heterocycles. The number of benzene rings is 1. The summed E-state index contributed by atoms with van der Waals surface area (Å²) in [7, 11) is 0. The highest BCUT2D eigenvalue weighted by molar-refractivity contribution is 7.18. The quantitative estimate of drug-likeness (QED) is 0.678. The van der Waals surface area contributed by atoms with Gasteiger partial charge >= 0.3 is 0 Å². The summed E-state index contributed by atoms with van der Waals surface area (Å²) >= 11 is 1.73. The fourth-order valence-corrected chi connectivity index (χ4v) is 6.59. The van der Waals surface area contributed by atoms with Crippen molar-refractivity contribution in [3.63, 3.8) is 0 Å². The van der Waals surface area contributed by atoms with Gasteiger partial charge in [-0.2, -0.15) is 0 Å². The van der Waals surface area contributed by atoms with E-state index < -0.39 is 0 Å². The molecule has 0 radical (unpaired) electrons. The van der Waals surface area contributed by atoms with E-state index in [0.717, 1.165) is 59.9 Å². The number of hydrogen-bond donors (Lipinski definition) is 2. The van der Waals surface area contributed by atoms with E-state index in [4.69, 9.17) is 14.5 Å². The molecule has 0 spiro atoms. The van der Waals surface area contributed by atoms with Crippen LogP contribution in [0.4, 0.5) is 0 Å². The van der Waals surface area contributed by atoms with E-state index in [-0.39, 0.29) is 5.56 Å². The summed E-state index contributed by atoms with van der Waals surface area (Å²) in [5, 5.41) is 0.846. The van der Waals surface area contributed by atoms with E-state index in [2.05, 4.69) is 17.1 Å². The van der Waals surface area contributed by atoms with Crippen LogP contribution in [-0.2, 0) is 19.4 Å². The van der Waals surface area contributed by atoms with Gasteiger partial charge in [-0.3, -0.25) is 4.79 Å². The maximum absolute atomic E-state index is 12.9. The van der Waals surface area contributed by atoms with E-state index in [0.29, 0.717) is 19.3 Å². The Bertz CT molecular complexity index is 1170. The number of aryl methyl sites for hydroxylation is 2. The summed E-state index contributed by atoms with van der Waals surface area (Å²) in [4.78, 5) is 24.6. The van der Waals surface area contributed by atoms with Crippen LogP contribution in [0.5, 0.6) is 11.5 Å². The van der Waals surface area contributed by atoms with Gasteiger partial charge in [0.2, 0.25) is 0 Å². The third-order valence-electron chi connectivity index (χ3n) is 6.72. The lowest BCUT2D eigenvalue weighted by Crippen LogP contribution is -3.09. The number of H-pyrrole nitrogens is 1. The van der Waals surface area contributed by atoms with Crippen LogP contribution in [0, 0.1) is 0 Å². The molecule has 1 saturated heterocycles. The summed E-state index contributed by atoms with van der Waals surface area (Å²) in [6, 6.07) is 6.72. The average Bonchev–Trinajstić information content (AvgIpc) is 3.37. The number of ether oxygens (including phenoxy) is 2. The highest BCUT2D eigenvalue weighted by atomic mass is 32.1. The van der Waals surface area contributed by atoms with Gasteiger partial charge in [0, 0.05) is 23.3 Å². The second-order valence-corrected chi connectivity index (χ2v) is 9.67. The topological polar surface area (TPSA) is 68.7 Å². The zero-order valence-corrected chi connectivity index (χ0v) is 17.8. The van der Waals surface area contributed by atoms with Crippen molar-refractivity contribution in [3.05, 3.63) is 50.4 Å². The van der Waals surface area contributed by atoms with Crippen molar-refractivity contribution in [2.24, 2.45) is 0 Å². The molecule has 1 unspecified atom stereocenters. The Labute approximate surface area is 178 Å². The predicted octanol–water partition coefficient (Wildman–Crippen LogP) is 2.55. The molecule has 7 heteroatoms. The van der Waals surface area contributed by atoms with E-state index in [1.807, 2.05) is 6.07 Å². The lowest BCUT2D eigenvalue weighted by molar-refractivity contribution is -0.932. The minimum atomic E-state index is 0.0453. The largest absolute Gasteiger partial charge is 0.486 e. The number of fused-ring (bicyclic) bond motifs is 4. The first-order valence-corrected chi connectivity index (χ1v) is 11.9. The normalized spacial score (nSPS) is 22.9. The minimum Gasteiger partial charge on any atom is -0.486 e. The van der Waals surface area contributed by atoms with Crippen molar-refractivity contribution >= 4 is 21.6 Å². The van der Waals surface area contributed by atoms with Gasteiger partial charge in [-0.25, -0.2) is 4.98 Å². The summed E-state index contributed by atoms with van der Waals surface area (Å²) in [6.45, 7) is 3.04. The molecule has 2 aromatic heterocycles. The Morgan fingerprint density at radius 2 is 2.00 bits per heavy atom. The maximum atomic E-state index is 12.9. The molecule has 2 N–H and O–H groups in total. The van der Waals surface area contributed by atoms with Crippen molar-refractivity contribution < 1.29 is 14.4 Å². The number of aromatic amines is 1. The molecular formula is C23H26N3O3S+. The van der Waals surface area contributed by atoms with Crippen LogP contribution in [0.3, 0.4) is 0 Å². The lowest BCUT2D eigenvalue weighted by Gasteiger charge is -2.24. The van der Waals surface area contributed by atoms with Crippen LogP contribution in [0.15, 0.2) is 23.0 Å². The molecule has 6 rings (SSSR count). The summed E-state index contributed by atoms with van der Waals surface area (Å²) in [5.74, 6) is 2.50. The van der Waals surface area contributed by atoms with Gasteiger partial charge in [-0.1, -0.05) is 0 Å². The van der Waals surface area contributed by atoms with Crippen molar-refractivity contribution in [3.8, 4) is 11.5 Å². The van der Waals surface area contributed by atoms with Crippen molar-refractivity contribution in [2.45, 2.75) is 51.1 Å². The Morgan fingerprint density at radius 3 is 2.93 bits per heavy atom. The minimum absolute atomic E-state index is 0.0453. The van der Waals surface area contributed by atoms with Crippen molar-refractivity contribution in [1.29, 1.82) is 0 Å². The zero-order valence-electron chi connectivity index (χ0n) is 17.0. The molecule has 0 saturated carbocycles. The first-order chi connectivity index (χ1) is 14.8. The average molecular weight is 425 g/mol. The molecule has 3 aromatic rings. The monoisotopic (exact) mass is 424 g/mol. The van der Waals surface area contributed by atoms with Gasteiger partial charge in [0.1, 0.15) is 30.6 Å². The number of aromatic nitrogens is 2. The molecule has 2 aliphatic heterocycles. The lowest BCUT2D eigenvalue weighted by atomic mass is 9.97. The number of thiophene rings is 1.